The van der Waals surface area contributed by atoms with Gasteiger partial charge in [0, 0.05) is 71.7 Å². The van der Waals surface area contributed by atoms with Gasteiger partial charge in [0.15, 0.2) is 11.5 Å². The summed E-state index contributed by atoms with van der Waals surface area (Å²) in [5, 5.41) is 2.63. The summed E-state index contributed by atoms with van der Waals surface area (Å²) in [6.45, 7) is -0.0473. The third kappa shape index (κ3) is 4.18. The highest BCUT2D eigenvalue weighted by Gasteiger charge is 2.57. The fourth-order valence-electron chi connectivity index (χ4n) is 13.9. The van der Waals surface area contributed by atoms with Gasteiger partial charge >= 0.3 is 0 Å². The largest absolute Gasteiger partial charge is 0.453 e. The first kappa shape index (κ1) is 35.8. The molecule has 0 unspecified atom stereocenters. The number of ether oxygens (including phenoxy) is 1. The summed E-state index contributed by atoms with van der Waals surface area (Å²) in [6.07, 6.45) is 0. The Kier molecular flexibility index (Phi) is 6.42. The molecule has 0 N–H and O–H groups in total. The normalized spacial score (nSPS) is 14.9. The van der Waals surface area contributed by atoms with Gasteiger partial charge in [-0.2, -0.15) is 0 Å². The van der Waals surface area contributed by atoms with Crippen LogP contribution in [0.25, 0.3) is 20.2 Å². The minimum Gasteiger partial charge on any atom is -0.453 e. The molecule has 0 radical (unpaired) electrons. The lowest BCUT2D eigenvalue weighted by molar-refractivity contribution is 0.477. The van der Waals surface area contributed by atoms with Crippen molar-refractivity contribution >= 4 is 169 Å². The number of anilines is 12. The number of nitrogens with zero attached hydrogens (tertiary/aromatic N) is 4. The van der Waals surface area contributed by atoms with E-state index in [1.165, 1.54) is 121 Å². The molecule has 0 saturated heterocycles. The maximum Gasteiger partial charge on any atom is 0.252 e. The van der Waals surface area contributed by atoms with Crippen molar-refractivity contribution in [3.8, 4) is 11.5 Å². The van der Waals surface area contributed by atoms with Gasteiger partial charge in [-0.25, -0.2) is 0 Å². The smallest absolute Gasteiger partial charge is 0.252 e. The average Bonchev–Trinajstić information content (AvgIpc) is 3.78. The Morgan fingerprint density at radius 1 is 0.304 bits per heavy atom. The van der Waals surface area contributed by atoms with Gasteiger partial charge in [-0.1, -0.05) is 127 Å². The number of thiophene rings is 1. The van der Waals surface area contributed by atoms with E-state index in [1.807, 2.05) is 11.3 Å². The maximum atomic E-state index is 7.13. The predicted octanol–water partition coefficient (Wildman–Crippen LogP) is 9.47. The SMILES string of the molecule is c1ccc(N2c3ccccc3Oc3cc4c(cc32)N2c3ccccc3B3c5ccccc5N5c6ccccc6B6c7ccccc7N7c8cc9sc%10ccccc%10c9cc8B4c4c2c3c5c6c47)cc1. The van der Waals surface area contributed by atoms with Crippen LogP contribution in [0.4, 0.5) is 68.2 Å². The van der Waals surface area contributed by atoms with E-state index in [4.69, 9.17) is 4.74 Å². The van der Waals surface area contributed by atoms with Crippen LogP contribution in [0, 0.1) is 0 Å². The lowest BCUT2D eigenvalue weighted by atomic mass is 9.24. The van der Waals surface area contributed by atoms with Gasteiger partial charge in [-0.15, -0.1) is 11.3 Å². The van der Waals surface area contributed by atoms with Crippen LogP contribution < -0.4 is 73.5 Å². The number of hydrogen-bond acceptors (Lipinski definition) is 6. The molecule has 0 fully saturated rings. The lowest BCUT2D eigenvalue weighted by Gasteiger charge is -2.55. The van der Waals surface area contributed by atoms with Crippen LogP contribution in [-0.2, 0) is 0 Å². The second kappa shape index (κ2) is 12.4. The fraction of sp³-hybridized carbons (Fsp3) is 0. The standard InChI is InChI=1S/C60H33B3N4OS/c1-2-16-34(17-3-1)64-47-27-13-14-28-51(47)68-52-31-42-48(32-50(52)64)66-45-25-11-7-21-39(45)61-37-19-5-9-23-43(37)65-44-24-10-6-20-38(44)62-40-22-8-12-26-46(40)67-49-33-54-36(35-18-4-15-29-53(35)69-54)30-41(49)63(42)57-59(66)55(61)58(65)56(62)60(57)67/h1-33H. The molecule has 11 aromatic rings. The molecule has 314 valence electrons. The summed E-state index contributed by atoms with van der Waals surface area (Å²) in [4.78, 5) is 10.4. The molecular weight excluding hydrogens is 857 g/mol. The summed E-state index contributed by atoms with van der Waals surface area (Å²) in [5.41, 5.74) is 26.7. The summed E-state index contributed by atoms with van der Waals surface area (Å²) in [5.74, 6) is 1.71. The molecule has 18 rings (SSSR count). The number of benzene rings is 10. The van der Waals surface area contributed by atoms with Crippen molar-refractivity contribution in [2.24, 2.45) is 0 Å². The lowest BCUT2D eigenvalue weighted by Crippen LogP contribution is -2.74. The minimum atomic E-state index is -0.104. The van der Waals surface area contributed by atoms with Crippen molar-refractivity contribution in [2.75, 3.05) is 19.6 Å². The van der Waals surface area contributed by atoms with Gasteiger partial charge in [0.05, 0.1) is 11.4 Å². The molecule has 10 aromatic carbocycles. The number of fused-ring (bicyclic) bond motifs is 23. The highest BCUT2D eigenvalue weighted by atomic mass is 32.1. The van der Waals surface area contributed by atoms with Crippen molar-refractivity contribution in [3.63, 3.8) is 0 Å². The van der Waals surface area contributed by atoms with E-state index in [-0.39, 0.29) is 20.1 Å². The van der Waals surface area contributed by atoms with Gasteiger partial charge in [0.25, 0.3) is 20.1 Å². The zero-order valence-corrected chi connectivity index (χ0v) is 37.7. The topological polar surface area (TPSA) is 22.2 Å². The summed E-state index contributed by atoms with van der Waals surface area (Å²) < 4.78 is 9.75. The molecule has 0 spiro atoms. The molecule has 1 aromatic heterocycles. The third-order valence-corrected chi connectivity index (χ3v) is 17.5. The van der Waals surface area contributed by atoms with Crippen LogP contribution in [0.1, 0.15) is 0 Å². The Bertz CT molecular complexity index is 4200. The van der Waals surface area contributed by atoms with E-state index < -0.39 is 0 Å². The number of hydrogen-bond donors (Lipinski definition) is 0. The van der Waals surface area contributed by atoms with Gasteiger partial charge in [0.1, 0.15) is 0 Å². The zero-order chi connectivity index (χ0) is 44.4. The molecule has 69 heavy (non-hydrogen) atoms. The highest BCUT2D eigenvalue weighted by Crippen LogP contribution is 2.56. The van der Waals surface area contributed by atoms with Crippen molar-refractivity contribution < 1.29 is 4.74 Å². The van der Waals surface area contributed by atoms with Gasteiger partial charge < -0.3 is 24.3 Å². The van der Waals surface area contributed by atoms with Gasteiger partial charge in [0.2, 0.25) is 0 Å². The fourth-order valence-corrected chi connectivity index (χ4v) is 15.0. The number of rotatable bonds is 1. The molecule has 0 bridgehead atoms. The predicted molar refractivity (Wildman–Crippen MR) is 292 cm³/mol. The van der Waals surface area contributed by atoms with Crippen LogP contribution in [0.15, 0.2) is 200 Å². The molecule has 7 aliphatic heterocycles. The monoisotopic (exact) mass is 890 g/mol. The average molecular weight is 890 g/mol. The van der Waals surface area contributed by atoms with Crippen molar-refractivity contribution in [3.05, 3.63) is 200 Å². The minimum absolute atomic E-state index is 0.0218. The summed E-state index contributed by atoms with van der Waals surface area (Å²) in [6, 6.07) is 75.2. The molecule has 0 aliphatic carbocycles. The van der Waals surface area contributed by atoms with Crippen molar-refractivity contribution in [2.45, 2.75) is 0 Å². The third-order valence-electron chi connectivity index (χ3n) is 16.3. The number of para-hydroxylation sites is 7. The molecule has 0 amide bonds. The van der Waals surface area contributed by atoms with E-state index in [0.717, 1.165) is 28.6 Å². The van der Waals surface area contributed by atoms with Crippen molar-refractivity contribution in [1.82, 2.24) is 0 Å². The van der Waals surface area contributed by atoms with E-state index in [9.17, 15) is 0 Å². The molecule has 0 saturated carbocycles. The second-order valence-electron chi connectivity index (χ2n) is 19.5. The van der Waals surface area contributed by atoms with Gasteiger partial charge in [-0.05, 0) is 127 Å². The quantitative estimate of drug-likeness (QED) is 0.153. The van der Waals surface area contributed by atoms with Crippen LogP contribution in [0.3, 0.4) is 0 Å². The molecule has 5 nitrogen and oxygen atoms in total. The first-order valence-corrected chi connectivity index (χ1v) is 24.8. The molecule has 0 atom stereocenters. The Morgan fingerprint density at radius 2 is 0.768 bits per heavy atom. The first-order valence-electron chi connectivity index (χ1n) is 24.0. The van der Waals surface area contributed by atoms with Gasteiger partial charge in [-0.3, -0.25) is 0 Å². The molecule has 8 heterocycles. The van der Waals surface area contributed by atoms with Crippen LogP contribution in [0.5, 0.6) is 11.5 Å². The van der Waals surface area contributed by atoms with Crippen molar-refractivity contribution in [1.29, 1.82) is 0 Å². The maximum absolute atomic E-state index is 7.13. The molecule has 9 heteroatoms. The first-order chi connectivity index (χ1) is 34.3. The van der Waals surface area contributed by atoms with Crippen LogP contribution >= 0.6 is 11.3 Å². The Labute approximate surface area is 402 Å². The Balaban J connectivity index is 1.05. The van der Waals surface area contributed by atoms with E-state index >= 15 is 0 Å². The second-order valence-corrected chi connectivity index (χ2v) is 20.5. The van der Waals surface area contributed by atoms with Crippen LogP contribution in [0.2, 0.25) is 0 Å². The summed E-state index contributed by atoms with van der Waals surface area (Å²) in [7, 11) is 0. The zero-order valence-electron chi connectivity index (χ0n) is 36.9. The summed E-state index contributed by atoms with van der Waals surface area (Å²) >= 11 is 1.91. The Morgan fingerprint density at radius 3 is 1.38 bits per heavy atom. The van der Waals surface area contributed by atoms with E-state index in [1.54, 1.807) is 0 Å². The Hall–Kier alpha value is -8.39. The molecule has 7 aliphatic rings. The van der Waals surface area contributed by atoms with E-state index in [2.05, 4.69) is 220 Å². The van der Waals surface area contributed by atoms with Crippen LogP contribution in [-0.4, -0.2) is 20.1 Å². The highest BCUT2D eigenvalue weighted by molar-refractivity contribution is 7.26. The van der Waals surface area contributed by atoms with E-state index in [0.29, 0.717) is 0 Å². The molecular formula is C60H33B3N4OS.